The molecular formula is C22H16N4O2S. The maximum absolute atomic E-state index is 5.47. The highest BCUT2D eigenvalue weighted by atomic mass is 32.2. The summed E-state index contributed by atoms with van der Waals surface area (Å²) in [6, 6.07) is 21.7. The van der Waals surface area contributed by atoms with Gasteiger partial charge in [-0.1, -0.05) is 65.4 Å². The fraction of sp³-hybridized carbons (Fsp3) is 0.0909. The van der Waals surface area contributed by atoms with Crippen LogP contribution in [0.2, 0.25) is 0 Å². The Balaban J connectivity index is 1.38. The minimum absolute atomic E-state index is 0.528. The lowest BCUT2D eigenvalue weighted by molar-refractivity contribution is 0.386. The lowest BCUT2D eigenvalue weighted by atomic mass is 10.1. The highest BCUT2D eigenvalue weighted by Crippen LogP contribution is 2.30. The van der Waals surface area contributed by atoms with E-state index in [2.05, 4.69) is 15.1 Å². The van der Waals surface area contributed by atoms with Gasteiger partial charge < -0.3 is 8.94 Å². The molecule has 0 aliphatic heterocycles. The Morgan fingerprint density at radius 2 is 1.69 bits per heavy atom. The van der Waals surface area contributed by atoms with Crippen LogP contribution >= 0.6 is 11.8 Å². The quantitative estimate of drug-likeness (QED) is 0.288. The van der Waals surface area contributed by atoms with Crippen molar-refractivity contribution in [2.24, 2.45) is 0 Å². The van der Waals surface area contributed by atoms with Crippen LogP contribution in [0.25, 0.3) is 22.5 Å². The predicted molar refractivity (Wildman–Crippen MR) is 110 cm³/mol. The molecule has 0 bridgehead atoms. The number of para-hydroxylation sites is 1. The third-order valence-electron chi connectivity index (χ3n) is 4.36. The standard InChI is InChI=1S/C22H16N4O2S/c1-2-7-15(8-3-1)13-19-24-20(28-26-19)14-29-22-16-9-4-5-10-17(16)23-21(25-22)18-11-6-12-27-18/h1-12H,13-14H2. The van der Waals surface area contributed by atoms with E-state index in [1.165, 1.54) is 0 Å². The second-order valence-corrected chi connectivity index (χ2v) is 7.37. The van der Waals surface area contributed by atoms with Crippen molar-refractivity contribution < 1.29 is 8.94 Å². The lowest BCUT2D eigenvalue weighted by Gasteiger charge is -2.06. The van der Waals surface area contributed by atoms with Gasteiger partial charge in [-0.25, -0.2) is 9.97 Å². The van der Waals surface area contributed by atoms with E-state index in [4.69, 9.17) is 13.9 Å². The third-order valence-corrected chi connectivity index (χ3v) is 5.33. The fourth-order valence-corrected chi connectivity index (χ4v) is 3.86. The molecule has 7 heteroatoms. The summed E-state index contributed by atoms with van der Waals surface area (Å²) >= 11 is 1.55. The maximum atomic E-state index is 5.47. The molecule has 0 atom stereocenters. The van der Waals surface area contributed by atoms with Crippen LogP contribution < -0.4 is 0 Å². The summed E-state index contributed by atoms with van der Waals surface area (Å²) in [5.74, 6) is 2.98. The number of fused-ring (bicyclic) bond motifs is 1. The van der Waals surface area contributed by atoms with Crippen LogP contribution in [0.3, 0.4) is 0 Å². The summed E-state index contributed by atoms with van der Waals surface area (Å²) in [5, 5.41) is 5.93. The van der Waals surface area contributed by atoms with Crippen LogP contribution in [-0.2, 0) is 12.2 Å². The highest BCUT2D eigenvalue weighted by molar-refractivity contribution is 7.98. The first-order valence-electron chi connectivity index (χ1n) is 9.14. The molecule has 0 spiro atoms. The summed E-state index contributed by atoms with van der Waals surface area (Å²) in [5.41, 5.74) is 2.02. The van der Waals surface area contributed by atoms with Crippen molar-refractivity contribution in [3.05, 3.63) is 90.3 Å². The van der Waals surface area contributed by atoms with Crippen molar-refractivity contribution in [2.45, 2.75) is 17.2 Å². The van der Waals surface area contributed by atoms with Gasteiger partial charge in [-0.15, -0.1) is 0 Å². The molecule has 0 radical (unpaired) electrons. The van der Waals surface area contributed by atoms with Crippen LogP contribution in [0.15, 0.2) is 87.0 Å². The number of hydrogen-bond donors (Lipinski definition) is 0. The van der Waals surface area contributed by atoms with Gasteiger partial charge in [0.2, 0.25) is 5.89 Å². The molecule has 0 saturated heterocycles. The zero-order valence-corrected chi connectivity index (χ0v) is 16.2. The molecule has 0 fully saturated rings. The van der Waals surface area contributed by atoms with Crippen LogP contribution in [0.1, 0.15) is 17.3 Å². The first-order chi connectivity index (χ1) is 14.3. The molecule has 29 heavy (non-hydrogen) atoms. The zero-order chi connectivity index (χ0) is 19.5. The Bertz CT molecular complexity index is 1240. The molecular weight excluding hydrogens is 384 g/mol. The van der Waals surface area contributed by atoms with Crippen LogP contribution in [0.5, 0.6) is 0 Å². The number of benzene rings is 2. The van der Waals surface area contributed by atoms with Crippen LogP contribution in [-0.4, -0.2) is 20.1 Å². The molecule has 5 rings (SSSR count). The molecule has 0 aliphatic rings. The number of thioether (sulfide) groups is 1. The topological polar surface area (TPSA) is 77.8 Å². The summed E-state index contributed by atoms with van der Waals surface area (Å²) in [7, 11) is 0. The van der Waals surface area contributed by atoms with Gasteiger partial charge in [0.25, 0.3) is 0 Å². The average Bonchev–Trinajstić information content (AvgIpc) is 3.45. The molecule has 3 heterocycles. The van der Waals surface area contributed by atoms with Crippen molar-refractivity contribution >= 4 is 22.7 Å². The lowest BCUT2D eigenvalue weighted by Crippen LogP contribution is -1.94. The Morgan fingerprint density at radius 1 is 0.828 bits per heavy atom. The number of aromatic nitrogens is 4. The molecule has 0 saturated carbocycles. The van der Waals surface area contributed by atoms with Crippen molar-refractivity contribution in [1.29, 1.82) is 0 Å². The summed E-state index contributed by atoms with van der Waals surface area (Å²) < 4.78 is 10.9. The molecule has 0 unspecified atom stereocenters. The molecule has 2 aromatic carbocycles. The molecule has 6 nitrogen and oxygen atoms in total. The monoisotopic (exact) mass is 400 g/mol. The minimum atomic E-state index is 0.528. The van der Waals surface area contributed by atoms with E-state index in [9.17, 15) is 0 Å². The number of rotatable bonds is 6. The molecule has 0 aliphatic carbocycles. The number of hydrogen-bond acceptors (Lipinski definition) is 7. The average molecular weight is 400 g/mol. The first kappa shape index (κ1) is 17.6. The second kappa shape index (κ2) is 7.89. The van der Waals surface area contributed by atoms with Gasteiger partial charge in [0.15, 0.2) is 17.4 Å². The Kier molecular flexibility index (Phi) is 4.80. The van der Waals surface area contributed by atoms with Crippen molar-refractivity contribution in [3.8, 4) is 11.6 Å². The summed E-state index contributed by atoms with van der Waals surface area (Å²) in [6.45, 7) is 0. The number of furan rings is 1. The van der Waals surface area contributed by atoms with E-state index in [1.807, 2.05) is 66.7 Å². The van der Waals surface area contributed by atoms with E-state index in [1.54, 1.807) is 18.0 Å². The van der Waals surface area contributed by atoms with Crippen LogP contribution in [0, 0.1) is 0 Å². The van der Waals surface area contributed by atoms with Gasteiger partial charge >= 0.3 is 0 Å². The first-order valence-corrected chi connectivity index (χ1v) is 10.1. The van der Waals surface area contributed by atoms with E-state index in [0.29, 0.717) is 35.5 Å². The molecule has 142 valence electrons. The Labute approximate surface area is 171 Å². The molecule has 0 amide bonds. The summed E-state index contributed by atoms with van der Waals surface area (Å²) in [6.07, 6.45) is 2.27. The van der Waals surface area contributed by atoms with Gasteiger partial charge in [-0.2, -0.15) is 4.98 Å². The van der Waals surface area contributed by atoms with Crippen molar-refractivity contribution in [3.63, 3.8) is 0 Å². The third kappa shape index (κ3) is 3.90. The molecule has 0 N–H and O–H groups in total. The minimum Gasteiger partial charge on any atom is -0.461 e. The summed E-state index contributed by atoms with van der Waals surface area (Å²) in [4.78, 5) is 13.8. The molecule has 5 aromatic rings. The van der Waals surface area contributed by atoms with Crippen molar-refractivity contribution in [2.75, 3.05) is 0 Å². The van der Waals surface area contributed by atoms with E-state index in [0.717, 1.165) is 21.5 Å². The Morgan fingerprint density at radius 3 is 2.55 bits per heavy atom. The number of nitrogens with zero attached hydrogens (tertiary/aromatic N) is 4. The van der Waals surface area contributed by atoms with E-state index in [-0.39, 0.29) is 0 Å². The van der Waals surface area contributed by atoms with Gasteiger partial charge in [0.1, 0.15) is 5.03 Å². The SMILES string of the molecule is c1ccc(Cc2noc(CSc3nc(-c4ccco4)nc4ccccc34)n2)cc1. The second-order valence-electron chi connectivity index (χ2n) is 6.40. The largest absolute Gasteiger partial charge is 0.461 e. The van der Waals surface area contributed by atoms with Crippen LogP contribution in [0.4, 0.5) is 0 Å². The van der Waals surface area contributed by atoms with E-state index >= 15 is 0 Å². The highest BCUT2D eigenvalue weighted by Gasteiger charge is 2.14. The predicted octanol–water partition coefficient (Wildman–Crippen LogP) is 5.16. The van der Waals surface area contributed by atoms with Gasteiger partial charge in [-0.05, 0) is 23.8 Å². The maximum Gasteiger partial charge on any atom is 0.237 e. The molecule has 3 aromatic heterocycles. The normalized spacial score (nSPS) is 11.2. The van der Waals surface area contributed by atoms with Gasteiger partial charge in [0.05, 0.1) is 17.5 Å². The smallest absolute Gasteiger partial charge is 0.237 e. The zero-order valence-electron chi connectivity index (χ0n) is 15.4. The van der Waals surface area contributed by atoms with Crippen molar-refractivity contribution in [1.82, 2.24) is 20.1 Å². The van der Waals surface area contributed by atoms with E-state index < -0.39 is 0 Å². The van der Waals surface area contributed by atoms with Gasteiger partial charge in [0, 0.05) is 11.8 Å². The van der Waals surface area contributed by atoms with Gasteiger partial charge in [-0.3, -0.25) is 0 Å². The fourth-order valence-electron chi connectivity index (χ4n) is 3.00. The Hall–Kier alpha value is -3.45.